The fourth-order valence-corrected chi connectivity index (χ4v) is 4.45. The van der Waals surface area contributed by atoms with Gasteiger partial charge in [-0.1, -0.05) is 18.2 Å². The second-order valence-electron chi connectivity index (χ2n) is 8.30. The number of nitrogens with two attached hydrogens (primary N) is 1. The summed E-state index contributed by atoms with van der Waals surface area (Å²) in [5, 5.41) is 4.30. The van der Waals surface area contributed by atoms with E-state index >= 15 is 0 Å². The standard InChI is InChI=1S/C23H29N5O3/c24-23-19(16-25-28(23)18-6-2-1-3-7-18)22(31)17-10-14-27(15-11-17)21(30)9-5-13-26-12-4-8-20(26)29/h1-3,6-7,16-17H,4-5,8-15,24H2. The zero-order valence-corrected chi connectivity index (χ0v) is 17.7. The van der Waals surface area contributed by atoms with E-state index in [1.54, 1.807) is 10.9 Å². The number of likely N-dealkylation sites (tertiary alicyclic amines) is 2. The van der Waals surface area contributed by atoms with Gasteiger partial charge in [0.25, 0.3) is 0 Å². The Hall–Kier alpha value is -3.16. The molecule has 4 rings (SSSR count). The van der Waals surface area contributed by atoms with Crippen molar-refractivity contribution in [1.29, 1.82) is 0 Å². The molecule has 31 heavy (non-hydrogen) atoms. The van der Waals surface area contributed by atoms with Crippen molar-refractivity contribution in [2.24, 2.45) is 5.92 Å². The molecule has 2 N–H and O–H groups in total. The lowest BCUT2D eigenvalue weighted by Gasteiger charge is -2.31. The normalized spacial score (nSPS) is 17.4. The van der Waals surface area contributed by atoms with Crippen LogP contribution < -0.4 is 5.73 Å². The zero-order valence-electron chi connectivity index (χ0n) is 17.7. The number of anilines is 1. The predicted molar refractivity (Wildman–Crippen MR) is 117 cm³/mol. The number of hydrogen-bond donors (Lipinski definition) is 1. The molecule has 0 unspecified atom stereocenters. The van der Waals surface area contributed by atoms with Crippen LogP contribution in [0, 0.1) is 5.92 Å². The third-order valence-corrected chi connectivity index (χ3v) is 6.28. The third-order valence-electron chi connectivity index (χ3n) is 6.28. The summed E-state index contributed by atoms with van der Waals surface area (Å²) in [5.41, 5.74) is 7.48. The van der Waals surface area contributed by atoms with Gasteiger partial charge in [0, 0.05) is 44.9 Å². The number of nitrogens with zero attached hydrogens (tertiary/aromatic N) is 4. The van der Waals surface area contributed by atoms with Crippen LogP contribution >= 0.6 is 0 Å². The summed E-state index contributed by atoms with van der Waals surface area (Å²) in [6, 6.07) is 9.49. The summed E-state index contributed by atoms with van der Waals surface area (Å²) >= 11 is 0. The molecule has 8 nitrogen and oxygen atoms in total. The Labute approximate surface area is 182 Å². The quantitative estimate of drug-likeness (QED) is 0.689. The van der Waals surface area contributed by atoms with Crippen molar-refractivity contribution in [3.8, 4) is 5.69 Å². The van der Waals surface area contributed by atoms with Gasteiger partial charge >= 0.3 is 0 Å². The van der Waals surface area contributed by atoms with E-state index in [1.165, 1.54) is 0 Å². The average molecular weight is 424 g/mol. The number of aromatic nitrogens is 2. The Bertz CT molecular complexity index is 947. The van der Waals surface area contributed by atoms with E-state index in [4.69, 9.17) is 5.73 Å². The molecule has 8 heteroatoms. The highest BCUT2D eigenvalue weighted by Gasteiger charge is 2.30. The first kappa shape index (κ1) is 21.1. The number of rotatable bonds is 7. The van der Waals surface area contributed by atoms with Crippen LogP contribution in [-0.2, 0) is 9.59 Å². The van der Waals surface area contributed by atoms with Gasteiger partial charge in [-0.25, -0.2) is 4.68 Å². The van der Waals surface area contributed by atoms with Gasteiger partial charge in [0.15, 0.2) is 5.78 Å². The van der Waals surface area contributed by atoms with Gasteiger partial charge in [-0.15, -0.1) is 0 Å². The lowest BCUT2D eigenvalue weighted by Crippen LogP contribution is -2.40. The van der Waals surface area contributed by atoms with E-state index in [0.29, 0.717) is 63.1 Å². The second-order valence-corrected chi connectivity index (χ2v) is 8.30. The minimum atomic E-state index is -0.151. The number of piperidine rings is 1. The Balaban J connectivity index is 1.28. The number of ketones is 1. The minimum absolute atomic E-state index is 0.000624. The lowest BCUT2D eigenvalue weighted by molar-refractivity contribution is -0.133. The molecule has 2 aliphatic heterocycles. The second kappa shape index (κ2) is 9.32. The summed E-state index contributed by atoms with van der Waals surface area (Å²) in [4.78, 5) is 40.9. The third kappa shape index (κ3) is 4.62. The molecule has 0 saturated carbocycles. The van der Waals surface area contributed by atoms with Crippen LogP contribution in [0.3, 0.4) is 0 Å². The monoisotopic (exact) mass is 423 g/mol. The average Bonchev–Trinajstić information content (AvgIpc) is 3.39. The Morgan fingerprint density at radius 1 is 1.10 bits per heavy atom. The summed E-state index contributed by atoms with van der Waals surface area (Å²) < 4.78 is 1.58. The summed E-state index contributed by atoms with van der Waals surface area (Å²) in [5.74, 6) is 0.503. The van der Waals surface area contributed by atoms with Gasteiger partial charge in [-0.2, -0.15) is 5.10 Å². The molecule has 0 bridgehead atoms. The Morgan fingerprint density at radius 2 is 1.84 bits per heavy atom. The molecule has 1 aromatic heterocycles. The van der Waals surface area contributed by atoms with Gasteiger partial charge < -0.3 is 15.5 Å². The fraction of sp³-hybridized carbons (Fsp3) is 0.478. The van der Waals surface area contributed by atoms with Crippen LogP contribution in [0.15, 0.2) is 36.5 Å². The molecule has 164 valence electrons. The number of benzene rings is 1. The Kier molecular flexibility index (Phi) is 6.34. The largest absolute Gasteiger partial charge is 0.383 e. The topological polar surface area (TPSA) is 102 Å². The predicted octanol–water partition coefficient (Wildman–Crippen LogP) is 2.28. The molecular weight excluding hydrogens is 394 g/mol. The molecule has 1 aromatic carbocycles. The molecule has 2 aliphatic rings. The molecule has 3 heterocycles. The highest BCUT2D eigenvalue weighted by atomic mass is 16.2. The zero-order chi connectivity index (χ0) is 21.8. The minimum Gasteiger partial charge on any atom is -0.383 e. The van der Waals surface area contributed by atoms with Gasteiger partial charge in [-0.05, 0) is 37.8 Å². The van der Waals surface area contributed by atoms with Crippen LogP contribution in [0.1, 0.15) is 48.9 Å². The van der Waals surface area contributed by atoms with Gasteiger partial charge in [-0.3, -0.25) is 14.4 Å². The van der Waals surface area contributed by atoms with Gasteiger partial charge in [0.1, 0.15) is 5.82 Å². The number of hydrogen-bond acceptors (Lipinski definition) is 5. The van der Waals surface area contributed by atoms with E-state index in [-0.39, 0.29) is 23.5 Å². The molecule has 0 aliphatic carbocycles. The van der Waals surface area contributed by atoms with Crippen molar-refractivity contribution in [1.82, 2.24) is 19.6 Å². The lowest BCUT2D eigenvalue weighted by atomic mass is 9.89. The molecule has 2 amide bonds. The molecule has 0 atom stereocenters. The maximum Gasteiger partial charge on any atom is 0.222 e. The molecule has 2 fully saturated rings. The molecule has 2 saturated heterocycles. The van der Waals surface area contributed by atoms with Crippen molar-refractivity contribution >= 4 is 23.4 Å². The van der Waals surface area contributed by atoms with Crippen molar-refractivity contribution in [3.05, 3.63) is 42.1 Å². The number of carbonyl (C=O) groups is 3. The van der Waals surface area contributed by atoms with Crippen molar-refractivity contribution in [2.45, 2.75) is 38.5 Å². The number of carbonyl (C=O) groups excluding carboxylic acids is 3. The molecular formula is C23H29N5O3. The van der Waals surface area contributed by atoms with E-state index in [1.807, 2.05) is 40.1 Å². The van der Waals surface area contributed by atoms with Gasteiger partial charge in [0.05, 0.1) is 17.4 Å². The van der Waals surface area contributed by atoms with E-state index in [0.717, 1.165) is 18.7 Å². The molecule has 0 radical (unpaired) electrons. The SMILES string of the molecule is Nc1c(C(=O)C2CCN(C(=O)CCCN3CCCC3=O)CC2)cnn1-c1ccccc1. The number of para-hydroxylation sites is 1. The van der Waals surface area contributed by atoms with Crippen LogP contribution in [-0.4, -0.2) is 63.4 Å². The first-order valence-electron chi connectivity index (χ1n) is 11.0. The maximum atomic E-state index is 13.0. The molecule has 2 aromatic rings. The number of nitrogen functional groups attached to an aromatic ring is 1. The highest BCUT2D eigenvalue weighted by Crippen LogP contribution is 2.26. The smallest absolute Gasteiger partial charge is 0.222 e. The van der Waals surface area contributed by atoms with Crippen LogP contribution in [0.5, 0.6) is 0 Å². The summed E-state index contributed by atoms with van der Waals surface area (Å²) in [6.07, 6.45) is 5.49. The first-order valence-corrected chi connectivity index (χ1v) is 11.0. The Morgan fingerprint density at radius 3 is 2.52 bits per heavy atom. The highest BCUT2D eigenvalue weighted by molar-refractivity contribution is 6.01. The molecule has 0 spiro atoms. The van der Waals surface area contributed by atoms with Crippen LogP contribution in [0.4, 0.5) is 5.82 Å². The van der Waals surface area contributed by atoms with Crippen LogP contribution in [0.2, 0.25) is 0 Å². The van der Waals surface area contributed by atoms with Gasteiger partial charge in [0.2, 0.25) is 11.8 Å². The summed E-state index contributed by atoms with van der Waals surface area (Å²) in [7, 11) is 0. The van der Waals surface area contributed by atoms with E-state index in [9.17, 15) is 14.4 Å². The number of Topliss-reactive ketones (excluding diaryl/α,β-unsaturated/α-hetero) is 1. The fourth-order valence-electron chi connectivity index (χ4n) is 4.45. The van der Waals surface area contributed by atoms with E-state index < -0.39 is 0 Å². The first-order chi connectivity index (χ1) is 15.0. The maximum absolute atomic E-state index is 13.0. The van der Waals surface area contributed by atoms with Crippen molar-refractivity contribution in [2.75, 3.05) is 31.9 Å². The number of amides is 2. The van der Waals surface area contributed by atoms with Crippen molar-refractivity contribution in [3.63, 3.8) is 0 Å². The summed E-state index contributed by atoms with van der Waals surface area (Å²) in [6.45, 7) is 2.62. The van der Waals surface area contributed by atoms with E-state index in [2.05, 4.69) is 5.10 Å². The van der Waals surface area contributed by atoms with Crippen molar-refractivity contribution < 1.29 is 14.4 Å². The van der Waals surface area contributed by atoms with Crippen LogP contribution in [0.25, 0.3) is 5.69 Å².